The lowest BCUT2D eigenvalue weighted by atomic mass is 10.3. The highest BCUT2D eigenvalue weighted by atomic mass is 16.2. The summed E-state index contributed by atoms with van der Waals surface area (Å²) in [7, 11) is 1.82. The molecule has 0 aromatic carbocycles. The maximum atomic E-state index is 11.4. The van der Waals surface area contributed by atoms with Gasteiger partial charge in [-0.05, 0) is 6.42 Å². The second kappa shape index (κ2) is 3.65. The maximum absolute atomic E-state index is 11.4. The summed E-state index contributed by atoms with van der Waals surface area (Å²) in [5.74, 6) is 0.807. The van der Waals surface area contributed by atoms with Gasteiger partial charge in [-0.25, -0.2) is 9.78 Å². The van der Waals surface area contributed by atoms with Crippen molar-refractivity contribution < 1.29 is 4.79 Å². The smallest absolute Gasteiger partial charge is 0.317 e. The van der Waals surface area contributed by atoms with E-state index in [2.05, 4.69) is 15.4 Å². The van der Waals surface area contributed by atoms with E-state index in [0.717, 1.165) is 25.3 Å². The number of hydrogen-bond acceptors (Lipinski definition) is 3. The molecule has 1 aliphatic rings. The SMILES string of the molecule is Cn1ncnc1CN1CCCNC1=O. The topological polar surface area (TPSA) is 63.1 Å². The van der Waals surface area contributed by atoms with Crippen molar-refractivity contribution in [2.45, 2.75) is 13.0 Å². The Bertz CT molecular complexity index is 334. The molecule has 0 radical (unpaired) electrons. The zero-order valence-electron chi connectivity index (χ0n) is 8.10. The highest BCUT2D eigenvalue weighted by Crippen LogP contribution is 2.04. The fourth-order valence-corrected chi connectivity index (χ4v) is 1.46. The standard InChI is InChI=1S/C8H13N5O/c1-12-7(10-6-11-12)5-13-4-2-3-9-8(13)14/h6H,2-5H2,1H3,(H,9,14). The van der Waals surface area contributed by atoms with Gasteiger partial charge in [-0.3, -0.25) is 4.68 Å². The van der Waals surface area contributed by atoms with Crippen LogP contribution in [0.15, 0.2) is 6.33 Å². The van der Waals surface area contributed by atoms with Crippen molar-refractivity contribution in [2.75, 3.05) is 13.1 Å². The van der Waals surface area contributed by atoms with Crippen molar-refractivity contribution in [2.24, 2.45) is 7.05 Å². The molecule has 1 saturated heterocycles. The minimum absolute atomic E-state index is 0.0146. The molecule has 0 aliphatic carbocycles. The Hall–Kier alpha value is -1.59. The summed E-state index contributed by atoms with van der Waals surface area (Å²) in [6.45, 7) is 2.09. The van der Waals surface area contributed by atoms with Gasteiger partial charge in [0, 0.05) is 20.1 Å². The van der Waals surface area contributed by atoms with Crippen LogP contribution in [-0.4, -0.2) is 38.8 Å². The second-order valence-electron chi connectivity index (χ2n) is 3.31. The summed E-state index contributed by atoms with van der Waals surface area (Å²) >= 11 is 0. The molecule has 14 heavy (non-hydrogen) atoms. The average molecular weight is 195 g/mol. The molecule has 0 saturated carbocycles. The maximum Gasteiger partial charge on any atom is 0.317 e. The van der Waals surface area contributed by atoms with Gasteiger partial charge in [0.2, 0.25) is 0 Å². The van der Waals surface area contributed by atoms with Gasteiger partial charge in [-0.2, -0.15) is 5.10 Å². The van der Waals surface area contributed by atoms with Crippen LogP contribution >= 0.6 is 0 Å². The van der Waals surface area contributed by atoms with Crippen molar-refractivity contribution in [3.05, 3.63) is 12.2 Å². The van der Waals surface area contributed by atoms with E-state index in [4.69, 9.17) is 0 Å². The van der Waals surface area contributed by atoms with E-state index in [-0.39, 0.29) is 6.03 Å². The Morgan fingerprint density at radius 2 is 2.50 bits per heavy atom. The van der Waals surface area contributed by atoms with Crippen LogP contribution in [0.2, 0.25) is 0 Å². The summed E-state index contributed by atoms with van der Waals surface area (Å²) < 4.78 is 1.68. The van der Waals surface area contributed by atoms with E-state index in [9.17, 15) is 4.79 Å². The third kappa shape index (κ3) is 1.68. The van der Waals surface area contributed by atoms with Crippen molar-refractivity contribution in [3.8, 4) is 0 Å². The number of rotatable bonds is 2. The lowest BCUT2D eigenvalue weighted by Gasteiger charge is -2.26. The van der Waals surface area contributed by atoms with Gasteiger partial charge in [-0.15, -0.1) is 0 Å². The number of amides is 2. The quantitative estimate of drug-likeness (QED) is 0.706. The van der Waals surface area contributed by atoms with Gasteiger partial charge in [0.1, 0.15) is 12.2 Å². The summed E-state index contributed by atoms with van der Waals surface area (Å²) in [5, 5.41) is 6.75. The third-order valence-corrected chi connectivity index (χ3v) is 2.31. The molecule has 1 fully saturated rings. The molecule has 0 bridgehead atoms. The first kappa shape index (κ1) is 8.98. The first-order valence-electron chi connectivity index (χ1n) is 4.63. The van der Waals surface area contributed by atoms with Crippen LogP contribution in [0.3, 0.4) is 0 Å². The molecule has 6 heteroatoms. The lowest BCUT2D eigenvalue weighted by Crippen LogP contribution is -2.46. The van der Waals surface area contributed by atoms with E-state index in [1.54, 1.807) is 9.58 Å². The van der Waals surface area contributed by atoms with Gasteiger partial charge in [-0.1, -0.05) is 0 Å². The summed E-state index contributed by atoms with van der Waals surface area (Å²) in [4.78, 5) is 17.2. The van der Waals surface area contributed by atoms with Gasteiger partial charge in [0.05, 0.1) is 6.54 Å². The highest BCUT2D eigenvalue weighted by Gasteiger charge is 2.18. The minimum atomic E-state index is -0.0146. The molecule has 2 amide bonds. The van der Waals surface area contributed by atoms with E-state index in [0.29, 0.717) is 6.54 Å². The van der Waals surface area contributed by atoms with E-state index in [1.165, 1.54) is 6.33 Å². The summed E-state index contributed by atoms with van der Waals surface area (Å²) in [5.41, 5.74) is 0. The van der Waals surface area contributed by atoms with Crippen molar-refractivity contribution in [1.82, 2.24) is 25.0 Å². The van der Waals surface area contributed by atoms with Crippen LogP contribution in [0.5, 0.6) is 0 Å². The molecule has 0 atom stereocenters. The molecule has 1 aromatic rings. The van der Waals surface area contributed by atoms with E-state index < -0.39 is 0 Å². The zero-order valence-corrected chi connectivity index (χ0v) is 8.10. The minimum Gasteiger partial charge on any atom is -0.338 e. The molecule has 2 rings (SSSR count). The fourth-order valence-electron chi connectivity index (χ4n) is 1.46. The van der Waals surface area contributed by atoms with Crippen molar-refractivity contribution in [3.63, 3.8) is 0 Å². The molecular weight excluding hydrogens is 182 g/mol. The van der Waals surface area contributed by atoms with Crippen LogP contribution in [-0.2, 0) is 13.6 Å². The van der Waals surface area contributed by atoms with Crippen LogP contribution in [0.1, 0.15) is 12.2 Å². The van der Waals surface area contributed by atoms with E-state index >= 15 is 0 Å². The monoisotopic (exact) mass is 195 g/mol. The van der Waals surface area contributed by atoms with Crippen LogP contribution in [0.25, 0.3) is 0 Å². The number of aryl methyl sites for hydroxylation is 1. The largest absolute Gasteiger partial charge is 0.338 e. The summed E-state index contributed by atoms with van der Waals surface area (Å²) in [6.07, 6.45) is 2.49. The van der Waals surface area contributed by atoms with E-state index in [1.807, 2.05) is 7.05 Å². The fraction of sp³-hybridized carbons (Fsp3) is 0.625. The molecule has 76 valence electrons. The van der Waals surface area contributed by atoms with Crippen LogP contribution in [0.4, 0.5) is 4.79 Å². The number of nitrogens with zero attached hydrogens (tertiary/aromatic N) is 4. The first-order chi connectivity index (χ1) is 6.77. The number of hydrogen-bond donors (Lipinski definition) is 1. The zero-order chi connectivity index (χ0) is 9.97. The molecule has 1 aromatic heterocycles. The molecule has 1 N–H and O–H groups in total. The first-order valence-corrected chi connectivity index (χ1v) is 4.63. The number of carbonyl (C=O) groups excluding carboxylic acids is 1. The Balaban J connectivity index is 2.03. The molecule has 0 unspecified atom stereocenters. The number of carbonyl (C=O) groups is 1. The Kier molecular flexibility index (Phi) is 2.34. The number of aromatic nitrogens is 3. The predicted octanol–water partition coefficient (Wildman–Crippen LogP) is -0.270. The van der Waals surface area contributed by atoms with Gasteiger partial charge in [0.15, 0.2) is 0 Å². The van der Waals surface area contributed by atoms with Crippen molar-refractivity contribution in [1.29, 1.82) is 0 Å². The average Bonchev–Trinajstić information content (AvgIpc) is 2.56. The molecule has 1 aliphatic heterocycles. The van der Waals surface area contributed by atoms with Crippen LogP contribution in [0, 0.1) is 0 Å². The second-order valence-corrected chi connectivity index (χ2v) is 3.31. The predicted molar refractivity (Wildman–Crippen MR) is 49.4 cm³/mol. The lowest BCUT2D eigenvalue weighted by molar-refractivity contribution is 0.181. The molecule has 6 nitrogen and oxygen atoms in total. The molecular formula is C8H13N5O. The number of urea groups is 1. The van der Waals surface area contributed by atoms with Crippen molar-refractivity contribution >= 4 is 6.03 Å². The Morgan fingerprint density at radius 3 is 3.14 bits per heavy atom. The van der Waals surface area contributed by atoms with Gasteiger partial charge >= 0.3 is 6.03 Å². The highest BCUT2D eigenvalue weighted by molar-refractivity contribution is 5.74. The number of nitrogens with one attached hydrogen (secondary N) is 1. The van der Waals surface area contributed by atoms with Gasteiger partial charge < -0.3 is 10.2 Å². The third-order valence-electron chi connectivity index (χ3n) is 2.31. The summed E-state index contributed by atoms with van der Waals surface area (Å²) in [6, 6.07) is -0.0146. The normalized spacial score (nSPS) is 16.9. The Morgan fingerprint density at radius 1 is 1.64 bits per heavy atom. The van der Waals surface area contributed by atoms with Crippen LogP contribution < -0.4 is 5.32 Å². The molecule has 2 heterocycles. The Labute approximate surface area is 81.9 Å². The molecule has 0 spiro atoms. The van der Waals surface area contributed by atoms with Gasteiger partial charge in [0.25, 0.3) is 0 Å².